The van der Waals surface area contributed by atoms with Gasteiger partial charge in [-0.15, -0.1) is 0 Å². The van der Waals surface area contributed by atoms with E-state index in [9.17, 15) is 14.7 Å². The molecule has 0 amide bonds. The maximum absolute atomic E-state index is 12.1. The van der Waals surface area contributed by atoms with Crippen molar-refractivity contribution in [1.82, 2.24) is 14.5 Å². The van der Waals surface area contributed by atoms with Gasteiger partial charge in [0.05, 0.1) is 11.4 Å². The predicted octanol–water partition coefficient (Wildman–Crippen LogP) is 2.24. The van der Waals surface area contributed by atoms with E-state index in [-0.39, 0.29) is 16.3 Å². The molecule has 0 aliphatic carbocycles. The molecule has 142 valence electrons. The lowest BCUT2D eigenvalue weighted by molar-refractivity contribution is 0.293. The van der Waals surface area contributed by atoms with Crippen molar-refractivity contribution in [3.63, 3.8) is 0 Å². The van der Waals surface area contributed by atoms with Gasteiger partial charge in [-0.2, -0.15) is 0 Å². The SMILES string of the molecule is CCc1nc(C)cc(=O)n1CCOc1ccc(Cc2sc(=O)[nH]c2O)cc1. The fourth-order valence-electron chi connectivity index (χ4n) is 2.80. The van der Waals surface area contributed by atoms with E-state index in [0.717, 1.165) is 28.4 Å². The van der Waals surface area contributed by atoms with Gasteiger partial charge in [0, 0.05) is 24.6 Å². The van der Waals surface area contributed by atoms with Crippen LogP contribution in [0.15, 0.2) is 39.9 Å². The first-order valence-electron chi connectivity index (χ1n) is 8.66. The van der Waals surface area contributed by atoms with Crippen LogP contribution in [0.4, 0.5) is 0 Å². The molecule has 0 atom stereocenters. The quantitative estimate of drug-likeness (QED) is 0.648. The average molecular weight is 387 g/mol. The van der Waals surface area contributed by atoms with Crippen molar-refractivity contribution in [1.29, 1.82) is 0 Å². The molecule has 0 unspecified atom stereocenters. The summed E-state index contributed by atoms with van der Waals surface area (Å²) in [5.41, 5.74) is 1.62. The zero-order valence-corrected chi connectivity index (χ0v) is 16.0. The number of hydrogen-bond acceptors (Lipinski definition) is 6. The van der Waals surface area contributed by atoms with E-state index < -0.39 is 0 Å². The van der Waals surface area contributed by atoms with Crippen LogP contribution in [-0.2, 0) is 19.4 Å². The van der Waals surface area contributed by atoms with Crippen molar-refractivity contribution in [2.75, 3.05) is 6.61 Å². The summed E-state index contributed by atoms with van der Waals surface area (Å²) in [6.07, 6.45) is 1.16. The van der Waals surface area contributed by atoms with Crippen LogP contribution in [0.2, 0.25) is 0 Å². The van der Waals surface area contributed by atoms with E-state index in [2.05, 4.69) is 9.97 Å². The van der Waals surface area contributed by atoms with E-state index in [1.54, 1.807) is 4.57 Å². The third-order valence-corrected chi connectivity index (χ3v) is 4.98. The third kappa shape index (κ3) is 4.65. The smallest absolute Gasteiger partial charge is 0.307 e. The lowest BCUT2D eigenvalue weighted by Crippen LogP contribution is -2.27. The number of rotatable bonds is 7. The summed E-state index contributed by atoms with van der Waals surface area (Å²) in [6, 6.07) is 8.96. The van der Waals surface area contributed by atoms with Gasteiger partial charge in [0.25, 0.3) is 5.56 Å². The number of aromatic amines is 1. The number of thiazole rings is 1. The first kappa shape index (κ1) is 18.9. The Balaban J connectivity index is 1.60. The van der Waals surface area contributed by atoms with Crippen molar-refractivity contribution in [3.8, 4) is 11.6 Å². The molecule has 7 nitrogen and oxygen atoms in total. The zero-order chi connectivity index (χ0) is 19.4. The molecule has 3 rings (SSSR count). The molecule has 2 N–H and O–H groups in total. The second-order valence-corrected chi connectivity index (χ2v) is 7.18. The summed E-state index contributed by atoms with van der Waals surface area (Å²) < 4.78 is 7.37. The van der Waals surface area contributed by atoms with Gasteiger partial charge in [-0.3, -0.25) is 19.1 Å². The molecule has 0 radical (unpaired) electrons. The van der Waals surface area contributed by atoms with Crippen LogP contribution in [0.1, 0.15) is 28.9 Å². The minimum absolute atomic E-state index is 0.0661. The third-order valence-electron chi connectivity index (χ3n) is 4.10. The fourth-order valence-corrected chi connectivity index (χ4v) is 3.56. The number of H-pyrrole nitrogens is 1. The van der Waals surface area contributed by atoms with E-state index in [1.807, 2.05) is 38.1 Å². The predicted molar refractivity (Wildman–Crippen MR) is 104 cm³/mol. The lowest BCUT2D eigenvalue weighted by Gasteiger charge is -2.12. The molecular formula is C19H21N3O4S. The Morgan fingerprint density at radius 1 is 1.26 bits per heavy atom. The van der Waals surface area contributed by atoms with Crippen molar-refractivity contribution in [3.05, 3.63) is 72.3 Å². The molecule has 0 saturated carbocycles. The summed E-state index contributed by atoms with van der Waals surface area (Å²) in [6.45, 7) is 4.57. The number of ether oxygens (including phenoxy) is 1. The van der Waals surface area contributed by atoms with Crippen LogP contribution in [-0.4, -0.2) is 26.2 Å². The number of aromatic nitrogens is 3. The van der Waals surface area contributed by atoms with Crippen molar-refractivity contribution < 1.29 is 9.84 Å². The monoisotopic (exact) mass is 387 g/mol. The minimum Gasteiger partial charge on any atom is -0.494 e. The van der Waals surface area contributed by atoms with Crippen LogP contribution in [0, 0.1) is 6.92 Å². The van der Waals surface area contributed by atoms with Gasteiger partial charge < -0.3 is 9.84 Å². The number of nitrogens with zero attached hydrogens (tertiary/aromatic N) is 2. The van der Waals surface area contributed by atoms with E-state index in [4.69, 9.17) is 4.74 Å². The van der Waals surface area contributed by atoms with E-state index in [0.29, 0.717) is 36.6 Å². The Kier molecular flexibility index (Phi) is 5.75. The maximum atomic E-state index is 12.1. The standard InChI is InChI=1S/C19H21N3O4S/c1-3-16-20-12(2)10-17(23)22(16)8-9-26-14-6-4-13(5-7-14)11-15-18(24)21-19(25)27-15/h4-7,10,24H,3,8-9,11H2,1-2H3,(H,21,25). The Morgan fingerprint density at radius 2 is 2.00 bits per heavy atom. The molecule has 0 spiro atoms. The Hall–Kier alpha value is -2.87. The number of benzene rings is 1. The molecule has 0 saturated heterocycles. The van der Waals surface area contributed by atoms with E-state index in [1.165, 1.54) is 6.07 Å². The van der Waals surface area contributed by atoms with Gasteiger partial charge in [-0.05, 0) is 24.6 Å². The van der Waals surface area contributed by atoms with E-state index >= 15 is 0 Å². The van der Waals surface area contributed by atoms with Gasteiger partial charge >= 0.3 is 4.87 Å². The van der Waals surface area contributed by atoms with Gasteiger partial charge in [-0.1, -0.05) is 30.4 Å². The van der Waals surface area contributed by atoms with Crippen LogP contribution in [0.25, 0.3) is 0 Å². The Bertz CT molecular complexity index is 1030. The van der Waals surface area contributed by atoms with Crippen molar-refractivity contribution >= 4 is 11.3 Å². The minimum atomic E-state index is -0.269. The molecule has 0 aliphatic rings. The van der Waals surface area contributed by atoms with Gasteiger partial charge in [-0.25, -0.2) is 4.98 Å². The summed E-state index contributed by atoms with van der Waals surface area (Å²) in [4.78, 5) is 30.5. The maximum Gasteiger partial charge on any atom is 0.307 e. The second-order valence-electron chi connectivity index (χ2n) is 6.11. The van der Waals surface area contributed by atoms with Gasteiger partial charge in [0.2, 0.25) is 5.88 Å². The first-order chi connectivity index (χ1) is 13.0. The largest absolute Gasteiger partial charge is 0.494 e. The summed E-state index contributed by atoms with van der Waals surface area (Å²) >= 11 is 1.000. The summed E-state index contributed by atoms with van der Waals surface area (Å²) in [7, 11) is 0. The molecule has 3 aromatic rings. The number of hydrogen-bond donors (Lipinski definition) is 2. The van der Waals surface area contributed by atoms with Crippen LogP contribution in [0.5, 0.6) is 11.6 Å². The summed E-state index contributed by atoms with van der Waals surface area (Å²) in [5.74, 6) is 1.37. The van der Waals surface area contributed by atoms with Gasteiger partial charge in [0.15, 0.2) is 0 Å². The molecule has 1 aromatic carbocycles. The highest BCUT2D eigenvalue weighted by Gasteiger charge is 2.08. The van der Waals surface area contributed by atoms with Crippen LogP contribution >= 0.6 is 11.3 Å². The lowest BCUT2D eigenvalue weighted by atomic mass is 10.1. The highest BCUT2D eigenvalue weighted by molar-refractivity contribution is 7.09. The molecule has 0 aliphatic heterocycles. The fraction of sp³-hybridized carbons (Fsp3) is 0.316. The second kappa shape index (κ2) is 8.22. The number of aryl methyl sites for hydroxylation is 2. The number of aromatic hydroxyl groups is 1. The molecule has 2 aromatic heterocycles. The molecule has 8 heteroatoms. The zero-order valence-electron chi connectivity index (χ0n) is 15.2. The first-order valence-corrected chi connectivity index (χ1v) is 9.48. The Morgan fingerprint density at radius 3 is 2.63 bits per heavy atom. The highest BCUT2D eigenvalue weighted by Crippen LogP contribution is 2.21. The molecule has 0 fully saturated rings. The van der Waals surface area contributed by atoms with Crippen molar-refractivity contribution in [2.24, 2.45) is 0 Å². The van der Waals surface area contributed by atoms with Gasteiger partial charge in [0.1, 0.15) is 18.2 Å². The molecule has 0 bridgehead atoms. The van der Waals surface area contributed by atoms with Crippen LogP contribution < -0.4 is 15.2 Å². The van der Waals surface area contributed by atoms with Crippen LogP contribution in [0.3, 0.4) is 0 Å². The highest BCUT2D eigenvalue weighted by atomic mass is 32.1. The molecule has 27 heavy (non-hydrogen) atoms. The normalized spacial score (nSPS) is 10.9. The number of nitrogens with one attached hydrogen (secondary N) is 1. The Labute approximate surface area is 159 Å². The average Bonchev–Trinajstić information content (AvgIpc) is 2.95. The molecule has 2 heterocycles. The summed E-state index contributed by atoms with van der Waals surface area (Å²) in [5, 5.41) is 9.65. The molecular weight excluding hydrogens is 366 g/mol. The topological polar surface area (TPSA) is 97.2 Å². The van der Waals surface area contributed by atoms with Crippen molar-refractivity contribution in [2.45, 2.75) is 33.2 Å².